The van der Waals surface area contributed by atoms with Crippen LogP contribution < -0.4 is 11.1 Å². The van der Waals surface area contributed by atoms with Crippen molar-refractivity contribution >= 4 is 35.0 Å². The predicted molar refractivity (Wildman–Crippen MR) is 74.7 cm³/mol. The Morgan fingerprint density at radius 2 is 2.10 bits per heavy atom. The quantitative estimate of drug-likeness (QED) is 0.610. The maximum atomic E-state index is 11.9. The molecule has 3 amide bonds. The number of carboxylic acid groups (broad SMARTS) is 1. The summed E-state index contributed by atoms with van der Waals surface area (Å²) in [5.74, 6) is -3.24. The third kappa shape index (κ3) is 5.22. The molecule has 0 saturated carbocycles. The van der Waals surface area contributed by atoms with Crippen molar-refractivity contribution in [2.75, 3.05) is 13.6 Å². The van der Waals surface area contributed by atoms with E-state index in [1.54, 1.807) is 17.5 Å². The Kier molecular flexibility index (Phi) is 5.85. The first-order chi connectivity index (χ1) is 9.81. The minimum Gasteiger partial charge on any atom is -0.480 e. The minimum absolute atomic E-state index is 0.320. The predicted octanol–water partition coefficient (Wildman–Crippen LogP) is -0.735. The van der Waals surface area contributed by atoms with Crippen LogP contribution in [0.4, 0.5) is 0 Å². The number of aliphatic carboxylic acids is 1. The van der Waals surface area contributed by atoms with Gasteiger partial charge in [0.15, 0.2) is 0 Å². The van der Waals surface area contributed by atoms with Gasteiger partial charge in [-0.15, -0.1) is 11.3 Å². The molecule has 0 aliphatic carbocycles. The van der Waals surface area contributed by atoms with Gasteiger partial charge in [-0.05, 0) is 11.4 Å². The lowest BCUT2D eigenvalue weighted by atomic mass is 10.2. The molecule has 9 heteroatoms. The van der Waals surface area contributed by atoms with E-state index in [0.29, 0.717) is 4.88 Å². The number of carbonyl (C=O) groups is 4. The van der Waals surface area contributed by atoms with Crippen LogP contribution in [0.5, 0.6) is 0 Å². The van der Waals surface area contributed by atoms with E-state index >= 15 is 0 Å². The standard InChI is InChI=1S/C12H15N3O5S/c1-15(11(18)8-3-2-4-21-8)6-10(17)14-7(12(19)20)5-9(13)16/h2-4,7H,5-6H2,1H3,(H2,13,16)(H,14,17)(H,19,20)/t7-/m1/s1. The van der Waals surface area contributed by atoms with Gasteiger partial charge in [0.05, 0.1) is 17.8 Å². The van der Waals surface area contributed by atoms with Gasteiger partial charge in [-0.1, -0.05) is 6.07 Å². The van der Waals surface area contributed by atoms with E-state index in [4.69, 9.17) is 10.8 Å². The summed E-state index contributed by atoms with van der Waals surface area (Å²) in [7, 11) is 1.42. The molecule has 1 rings (SSSR count). The molecule has 0 bridgehead atoms. The van der Waals surface area contributed by atoms with E-state index in [1.807, 2.05) is 0 Å². The van der Waals surface area contributed by atoms with Crippen molar-refractivity contribution < 1.29 is 24.3 Å². The second kappa shape index (κ2) is 7.39. The number of nitrogens with two attached hydrogens (primary N) is 1. The number of hydrogen-bond donors (Lipinski definition) is 3. The van der Waals surface area contributed by atoms with Gasteiger partial charge in [-0.2, -0.15) is 0 Å². The van der Waals surface area contributed by atoms with Crippen molar-refractivity contribution in [3.05, 3.63) is 22.4 Å². The number of nitrogens with zero attached hydrogens (tertiary/aromatic N) is 1. The van der Waals surface area contributed by atoms with Crippen LogP contribution in [0, 0.1) is 0 Å². The number of carboxylic acids is 1. The molecule has 1 heterocycles. The van der Waals surface area contributed by atoms with Gasteiger partial charge < -0.3 is 21.1 Å². The molecule has 0 unspecified atom stereocenters. The normalized spacial score (nSPS) is 11.5. The number of primary amides is 1. The molecule has 0 fully saturated rings. The summed E-state index contributed by atoms with van der Waals surface area (Å²) in [6.45, 7) is -0.320. The Balaban J connectivity index is 2.57. The largest absolute Gasteiger partial charge is 0.480 e. The van der Waals surface area contributed by atoms with Gasteiger partial charge in [0.25, 0.3) is 5.91 Å². The SMILES string of the molecule is CN(CC(=O)N[C@H](CC(N)=O)C(=O)O)C(=O)c1cccs1. The summed E-state index contributed by atoms with van der Waals surface area (Å²) in [6.07, 6.45) is -0.510. The van der Waals surface area contributed by atoms with Crippen molar-refractivity contribution in [1.29, 1.82) is 0 Å². The molecule has 1 atom stereocenters. The zero-order valence-corrected chi connectivity index (χ0v) is 12.1. The Morgan fingerprint density at radius 3 is 2.57 bits per heavy atom. The van der Waals surface area contributed by atoms with Gasteiger partial charge in [-0.25, -0.2) is 4.79 Å². The lowest BCUT2D eigenvalue weighted by Crippen LogP contribution is -2.47. The highest BCUT2D eigenvalue weighted by molar-refractivity contribution is 7.12. The van der Waals surface area contributed by atoms with Crippen LogP contribution in [0.3, 0.4) is 0 Å². The van der Waals surface area contributed by atoms with E-state index in [9.17, 15) is 19.2 Å². The first-order valence-corrected chi connectivity index (χ1v) is 6.78. The van der Waals surface area contributed by atoms with Gasteiger partial charge in [0, 0.05) is 7.05 Å². The smallest absolute Gasteiger partial charge is 0.326 e. The molecule has 0 spiro atoms. The van der Waals surface area contributed by atoms with Crippen LogP contribution in [0.2, 0.25) is 0 Å². The zero-order valence-electron chi connectivity index (χ0n) is 11.2. The Labute approximate surface area is 124 Å². The maximum absolute atomic E-state index is 11.9. The summed E-state index contributed by atoms with van der Waals surface area (Å²) >= 11 is 1.24. The average molecular weight is 313 g/mol. The van der Waals surface area contributed by atoms with E-state index in [-0.39, 0.29) is 12.5 Å². The number of amides is 3. The molecule has 4 N–H and O–H groups in total. The molecule has 21 heavy (non-hydrogen) atoms. The second-order valence-electron chi connectivity index (χ2n) is 4.27. The summed E-state index contributed by atoms with van der Waals surface area (Å²) in [5, 5.41) is 12.7. The van der Waals surface area contributed by atoms with E-state index < -0.39 is 30.2 Å². The third-order valence-corrected chi connectivity index (χ3v) is 3.36. The van der Waals surface area contributed by atoms with Gasteiger partial charge in [0.2, 0.25) is 11.8 Å². The molecule has 0 saturated heterocycles. The number of rotatable bonds is 7. The van der Waals surface area contributed by atoms with Crippen LogP contribution in [-0.2, 0) is 14.4 Å². The first-order valence-electron chi connectivity index (χ1n) is 5.90. The number of hydrogen-bond acceptors (Lipinski definition) is 5. The highest BCUT2D eigenvalue weighted by Gasteiger charge is 2.23. The fraction of sp³-hybridized carbons (Fsp3) is 0.333. The molecule has 0 aliphatic heterocycles. The Bertz CT molecular complexity index is 543. The fourth-order valence-corrected chi connectivity index (χ4v) is 2.23. The number of likely N-dealkylation sites (N-methyl/N-ethyl adjacent to an activating group) is 1. The van der Waals surface area contributed by atoms with Crippen LogP contribution in [-0.4, -0.2) is 53.3 Å². The molecule has 0 aromatic carbocycles. The average Bonchev–Trinajstić information content (AvgIpc) is 2.89. The maximum Gasteiger partial charge on any atom is 0.326 e. The van der Waals surface area contributed by atoms with Crippen molar-refractivity contribution in [2.45, 2.75) is 12.5 Å². The van der Waals surface area contributed by atoms with E-state index in [1.165, 1.54) is 18.4 Å². The molecule has 114 valence electrons. The molecular formula is C12H15N3O5S. The van der Waals surface area contributed by atoms with Crippen molar-refractivity contribution in [3.63, 3.8) is 0 Å². The highest BCUT2D eigenvalue weighted by atomic mass is 32.1. The monoisotopic (exact) mass is 313 g/mol. The van der Waals surface area contributed by atoms with Crippen molar-refractivity contribution in [1.82, 2.24) is 10.2 Å². The molecule has 0 radical (unpaired) electrons. The first kappa shape index (κ1) is 16.6. The molecular weight excluding hydrogens is 298 g/mol. The zero-order chi connectivity index (χ0) is 16.0. The second-order valence-corrected chi connectivity index (χ2v) is 5.21. The van der Waals surface area contributed by atoms with Gasteiger partial charge in [0.1, 0.15) is 6.04 Å². The van der Waals surface area contributed by atoms with Crippen molar-refractivity contribution in [2.24, 2.45) is 5.73 Å². The summed E-state index contributed by atoms with van der Waals surface area (Å²) in [5.41, 5.74) is 4.90. The van der Waals surface area contributed by atoms with Gasteiger partial charge in [-0.3, -0.25) is 14.4 Å². The van der Waals surface area contributed by atoms with Crippen LogP contribution >= 0.6 is 11.3 Å². The van der Waals surface area contributed by atoms with E-state index in [2.05, 4.69) is 5.32 Å². The topological polar surface area (TPSA) is 130 Å². The summed E-state index contributed by atoms with van der Waals surface area (Å²) < 4.78 is 0. The van der Waals surface area contributed by atoms with Crippen LogP contribution in [0.25, 0.3) is 0 Å². The Morgan fingerprint density at radius 1 is 1.43 bits per heavy atom. The van der Waals surface area contributed by atoms with Crippen LogP contribution in [0.15, 0.2) is 17.5 Å². The molecule has 1 aromatic heterocycles. The summed E-state index contributed by atoms with van der Waals surface area (Å²) in [4.78, 5) is 46.8. The minimum atomic E-state index is -1.40. The van der Waals surface area contributed by atoms with Gasteiger partial charge >= 0.3 is 5.97 Å². The lowest BCUT2D eigenvalue weighted by molar-refractivity contribution is -0.143. The highest BCUT2D eigenvalue weighted by Crippen LogP contribution is 2.10. The van der Waals surface area contributed by atoms with E-state index in [0.717, 1.165) is 4.90 Å². The number of carbonyl (C=O) groups excluding carboxylic acids is 3. The van der Waals surface area contributed by atoms with Crippen molar-refractivity contribution in [3.8, 4) is 0 Å². The third-order valence-electron chi connectivity index (χ3n) is 2.50. The Hall–Kier alpha value is -2.42. The summed E-state index contributed by atoms with van der Waals surface area (Å²) in [6, 6.07) is 1.92. The number of thiophene rings is 1. The lowest BCUT2D eigenvalue weighted by Gasteiger charge is -2.18. The fourth-order valence-electron chi connectivity index (χ4n) is 1.52. The molecule has 1 aromatic rings. The molecule has 8 nitrogen and oxygen atoms in total. The number of nitrogens with one attached hydrogen (secondary N) is 1. The molecule has 0 aliphatic rings. The van der Waals surface area contributed by atoms with Crippen LogP contribution in [0.1, 0.15) is 16.1 Å².